The molecule has 1 saturated heterocycles. The number of piperazine rings is 1. The number of nitrogens with two attached hydrogens (primary N) is 1. The predicted molar refractivity (Wildman–Crippen MR) is 89.8 cm³/mol. The van der Waals surface area contributed by atoms with Crippen LogP contribution < -0.4 is 10.6 Å². The van der Waals surface area contributed by atoms with Crippen molar-refractivity contribution in [1.82, 2.24) is 14.9 Å². The molecule has 0 aliphatic carbocycles. The number of anilines is 2. The van der Waals surface area contributed by atoms with Gasteiger partial charge in [-0.3, -0.25) is 4.90 Å². The van der Waals surface area contributed by atoms with Gasteiger partial charge in [-0.1, -0.05) is 12.1 Å². The Morgan fingerprint density at radius 2 is 1.82 bits per heavy atom. The molecule has 0 saturated carbocycles. The van der Waals surface area contributed by atoms with E-state index in [2.05, 4.69) is 38.8 Å². The number of rotatable bonds is 4. The number of benzene rings is 1. The lowest BCUT2D eigenvalue weighted by molar-refractivity contribution is 0.195. The molecule has 116 valence electrons. The number of nitrogens with zero attached hydrogens (tertiary/aromatic N) is 4. The molecule has 0 radical (unpaired) electrons. The topological polar surface area (TPSA) is 58.3 Å². The summed E-state index contributed by atoms with van der Waals surface area (Å²) in [6.45, 7) is 6.33. The standard InChI is InChI=1S/C17H23N5/c1-14(12-15-4-2-5-16(18)13-15)21-8-10-22(11-9-21)17-19-6-3-7-20-17/h2-7,13-14H,8-12,18H2,1H3. The Morgan fingerprint density at radius 3 is 2.50 bits per heavy atom. The molecule has 5 nitrogen and oxygen atoms in total. The Morgan fingerprint density at radius 1 is 1.09 bits per heavy atom. The zero-order valence-electron chi connectivity index (χ0n) is 13.0. The maximum absolute atomic E-state index is 5.86. The van der Waals surface area contributed by atoms with Gasteiger partial charge in [0, 0.05) is 50.3 Å². The van der Waals surface area contributed by atoms with Crippen LogP contribution in [-0.2, 0) is 6.42 Å². The van der Waals surface area contributed by atoms with Crippen molar-refractivity contribution in [3.05, 3.63) is 48.3 Å². The van der Waals surface area contributed by atoms with Crippen molar-refractivity contribution in [2.45, 2.75) is 19.4 Å². The summed E-state index contributed by atoms with van der Waals surface area (Å²) in [4.78, 5) is 13.4. The molecule has 3 rings (SSSR count). The third-order valence-corrected chi connectivity index (χ3v) is 4.25. The van der Waals surface area contributed by atoms with E-state index in [1.165, 1.54) is 5.56 Å². The lowest BCUT2D eigenvalue weighted by atomic mass is 10.0. The van der Waals surface area contributed by atoms with Crippen molar-refractivity contribution in [2.75, 3.05) is 36.8 Å². The van der Waals surface area contributed by atoms with Crippen LogP contribution in [0.5, 0.6) is 0 Å². The molecule has 1 aromatic carbocycles. The van der Waals surface area contributed by atoms with Crippen LogP contribution in [0.15, 0.2) is 42.7 Å². The summed E-state index contributed by atoms with van der Waals surface area (Å²) in [5.41, 5.74) is 8.01. The molecule has 2 N–H and O–H groups in total. The van der Waals surface area contributed by atoms with Crippen LogP contribution in [0.3, 0.4) is 0 Å². The Hall–Kier alpha value is -2.14. The van der Waals surface area contributed by atoms with Crippen LogP contribution in [0.1, 0.15) is 12.5 Å². The largest absolute Gasteiger partial charge is 0.399 e. The fourth-order valence-electron chi connectivity index (χ4n) is 3.01. The Bertz CT molecular complexity index is 593. The molecule has 1 unspecified atom stereocenters. The fourth-order valence-corrected chi connectivity index (χ4v) is 3.01. The van der Waals surface area contributed by atoms with E-state index in [0.717, 1.165) is 44.2 Å². The summed E-state index contributed by atoms with van der Waals surface area (Å²) in [5.74, 6) is 0.839. The van der Waals surface area contributed by atoms with Crippen LogP contribution in [0, 0.1) is 0 Å². The highest BCUT2D eigenvalue weighted by Crippen LogP contribution is 2.15. The van der Waals surface area contributed by atoms with Crippen LogP contribution in [0.25, 0.3) is 0 Å². The van der Waals surface area contributed by atoms with Gasteiger partial charge < -0.3 is 10.6 Å². The highest BCUT2D eigenvalue weighted by molar-refractivity contribution is 5.40. The van der Waals surface area contributed by atoms with Gasteiger partial charge in [-0.25, -0.2) is 9.97 Å². The molecule has 0 amide bonds. The molecule has 1 fully saturated rings. The summed E-state index contributed by atoms with van der Waals surface area (Å²) in [5, 5.41) is 0. The zero-order valence-corrected chi connectivity index (χ0v) is 13.0. The fraction of sp³-hybridized carbons (Fsp3) is 0.412. The first kappa shape index (κ1) is 14.8. The van der Waals surface area contributed by atoms with E-state index in [9.17, 15) is 0 Å². The van der Waals surface area contributed by atoms with Crippen molar-refractivity contribution in [3.8, 4) is 0 Å². The van der Waals surface area contributed by atoms with Crippen molar-refractivity contribution in [1.29, 1.82) is 0 Å². The van der Waals surface area contributed by atoms with Gasteiger partial charge >= 0.3 is 0 Å². The SMILES string of the molecule is CC(Cc1cccc(N)c1)N1CCN(c2ncccn2)CC1. The average Bonchev–Trinajstić information content (AvgIpc) is 2.56. The molecule has 5 heteroatoms. The minimum Gasteiger partial charge on any atom is -0.399 e. The molecule has 1 aliphatic heterocycles. The van der Waals surface area contributed by atoms with E-state index in [1.807, 2.05) is 18.2 Å². The maximum atomic E-state index is 5.86. The van der Waals surface area contributed by atoms with Crippen molar-refractivity contribution >= 4 is 11.6 Å². The average molecular weight is 297 g/mol. The molecule has 0 spiro atoms. The number of hydrogen-bond donors (Lipinski definition) is 1. The Balaban J connectivity index is 1.55. The number of nitrogen functional groups attached to an aromatic ring is 1. The van der Waals surface area contributed by atoms with Gasteiger partial charge in [-0.15, -0.1) is 0 Å². The van der Waals surface area contributed by atoms with Gasteiger partial charge in [0.15, 0.2) is 0 Å². The van der Waals surface area contributed by atoms with Gasteiger partial charge in [-0.2, -0.15) is 0 Å². The molecular formula is C17H23N5. The second-order valence-electron chi connectivity index (χ2n) is 5.87. The second kappa shape index (κ2) is 6.75. The summed E-state index contributed by atoms with van der Waals surface area (Å²) >= 11 is 0. The van der Waals surface area contributed by atoms with E-state index in [-0.39, 0.29) is 0 Å². The maximum Gasteiger partial charge on any atom is 0.225 e. The number of hydrogen-bond acceptors (Lipinski definition) is 5. The summed E-state index contributed by atoms with van der Waals surface area (Å²) in [6, 6.07) is 10.6. The highest BCUT2D eigenvalue weighted by Gasteiger charge is 2.22. The van der Waals surface area contributed by atoms with E-state index in [0.29, 0.717) is 6.04 Å². The van der Waals surface area contributed by atoms with Crippen LogP contribution in [-0.4, -0.2) is 47.1 Å². The van der Waals surface area contributed by atoms with Crippen LogP contribution >= 0.6 is 0 Å². The number of aromatic nitrogens is 2. The first-order chi connectivity index (χ1) is 10.7. The van der Waals surface area contributed by atoms with Crippen LogP contribution in [0.4, 0.5) is 11.6 Å². The predicted octanol–water partition coefficient (Wildman–Crippen LogP) is 1.81. The molecule has 1 aliphatic rings. The van der Waals surface area contributed by atoms with E-state index in [4.69, 9.17) is 5.73 Å². The quantitative estimate of drug-likeness (QED) is 0.872. The molecule has 2 aromatic rings. The third kappa shape index (κ3) is 3.54. The van der Waals surface area contributed by atoms with Crippen molar-refractivity contribution in [3.63, 3.8) is 0 Å². The third-order valence-electron chi connectivity index (χ3n) is 4.25. The minimum atomic E-state index is 0.514. The molecular weight excluding hydrogens is 274 g/mol. The molecule has 2 heterocycles. The van der Waals surface area contributed by atoms with E-state index in [1.54, 1.807) is 12.4 Å². The first-order valence-corrected chi connectivity index (χ1v) is 7.83. The van der Waals surface area contributed by atoms with Crippen molar-refractivity contribution in [2.24, 2.45) is 0 Å². The summed E-state index contributed by atoms with van der Waals surface area (Å²) in [6.07, 6.45) is 4.64. The molecule has 1 aromatic heterocycles. The van der Waals surface area contributed by atoms with Gasteiger partial charge in [0.1, 0.15) is 0 Å². The normalized spacial score (nSPS) is 17.4. The lowest BCUT2D eigenvalue weighted by Gasteiger charge is -2.38. The highest BCUT2D eigenvalue weighted by atomic mass is 15.3. The minimum absolute atomic E-state index is 0.514. The molecule has 1 atom stereocenters. The van der Waals surface area contributed by atoms with Gasteiger partial charge in [-0.05, 0) is 37.1 Å². The lowest BCUT2D eigenvalue weighted by Crippen LogP contribution is -2.50. The van der Waals surface area contributed by atoms with Crippen LogP contribution in [0.2, 0.25) is 0 Å². The van der Waals surface area contributed by atoms with Gasteiger partial charge in [0.25, 0.3) is 0 Å². The zero-order chi connectivity index (χ0) is 15.4. The second-order valence-corrected chi connectivity index (χ2v) is 5.87. The van der Waals surface area contributed by atoms with E-state index < -0.39 is 0 Å². The smallest absolute Gasteiger partial charge is 0.225 e. The Kier molecular flexibility index (Phi) is 4.53. The summed E-state index contributed by atoms with van der Waals surface area (Å²) in [7, 11) is 0. The van der Waals surface area contributed by atoms with Gasteiger partial charge in [0.2, 0.25) is 5.95 Å². The van der Waals surface area contributed by atoms with E-state index >= 15 is 0 Å². The monoisotopic (exact) mass is 297 g/mol. The molecule has 0 bridgehead atoms. The molecule has 22 heavy (non-hydrogen) atoms. The summed E-state index contributed by atoms with van der Waals surface area (Å²) < 4.78 is 0. The Labute approximate surface area is 131 Å². The van der Waals surface area contributed by atoms with Gasteiger partial charge in [0.05, 0.1) is 0 Å². The first-order valence-electron chi connectivity index (χ1n) is 7.83. The van der Waals surface area contributed by atoms with Crippen molar-refractivity contribution < 1.29 is 0 Å².